The number of fused-ring (bicyclic) bond motifs is 4. The van der Waals surface area contributed by atoms with Crippen molar-refractivity contribution in [3.05, 3.63) is 82.5 Å². The molecule has 3 aromatic rings. The second-order valence-electron chi connectivity index (χ2n) is 12.0. The molecule has 1 aliphatic heterocycles. The maximum Gasteiger partial charge on any atom is 0.345 e. The number of ether oxygens (including phenoxy) is 3. The van der Waals surface area contributed by atoms with Gasteiger partial charge in [-0.3, -0.25) is 4.98 Å². The van der Waals surface area contributed by atoms with Crippen LogP contribution in [-0.4, -0.2) is 40.1 Å². The fourth-order valence-electron chi connectivity index (χ4n) is 7.89. The van der Waals surface area contributed by atoms with E-state index in [0.29, 0.717) is 17.7 Å². The minimum atomic E-state index is -1.16. The van der Waals surface area contributed by atoms with E-state index in [1.54, 1.807) is 37.7 Å². The maximum atomic E-state index is 13.3. The number of methoxy groups -OCH3 is 1. The van der Waals surface area contributed by atoms with Crippen LogP contribution in [0.5, 0.6) is 5.75 Å². The highest BCUT2D eigenvalue weighted by Gasteiger charge is 2.66. The number of nitrogens with zero attached hydrogens (tertiary/aromatic N) is 1. The summed E-state index contributed by atoms with van der Waals surface area (Å²) >= 11 is 0. The molecule has 0 bridgehead atoms. The molecule has 6 rings (SSSR count). The van der Waals surface area contributed by atoms with Gasteiger partial charge in [0.05, 0.1) is 18.3 Å². The van der Waals surface area contributed by atoms with Crippen LogP contribution in [0.4, 0.5) is 0 Å². The molecule has 0 saturated heterocycles. The predicted molar refractivity (Wildman–Crippen MR) is 147 cm³/mol. The zero-order valence-electron chi connectivity index (χ0n) is 23.3. The van der Waals surface area contributed by atoms with Crippen LogP contribution in [0.15, 0.2) is 70.1 Å². The molecule has 3 aliphatic rings. The van der Waals surface area contributed by atoms with Crippen molar-refractivity contribution in [3.8, 4) is 17.1 Å². The number of rotatable bonds is 5. The molecule has 212 valence electrons. The Bertz CT molecular complexity index is 1410. The van der Waals surface area contributed by atoms with Crippen molar-refractivity contribution in [2.24, 2.45) is 23.2 Å². The van der Waals surface area contributed by atoms with Gasteiger partial charge in [-0.25, -0.2) is 4.79 Å². The maximum absolute atomic E-state index is 13.3. The molecule has 8 nitrogen and oxygen atoms in total. The van der Waals surface area contributed by atoms with Gasteiger partial charge in [0.1, 0.15) is 22.7 Å². The third-order valence-electron chi connectivity index (χ3n) is 9.92. The summed E-state index contributed by atoms with van der Waals surface area (Å²) in [6.07, 6.45) is 2.61. The zero-order valence-corrected chi connectivity index (χ0v) is 23.3. The second kappa shape index (κ2) is 10.1. The molecule has 2 saturated carbocycles. The van der Waals surface area contributed by atoms with E-state index in [1.165, 1.54) is 0 Å². The van der Waals surface area contributed by atoms with E-state index >= 15 is 0 Å². The fraction of sp³-hybridized carbons (Fsp3) is 0.500. The highest BCUT2D eigenvalue weighted by Crippen LogP contribution is 2.64. The van der Waals surface area contributed by atoms with Crippen LogP contribution in [0.3, 0.4) is 0 Å². The summed E-state index contributed by atoms with van der Waals surface area (Å²) in [6.45, 7) is 6.17. The molecule has 9 atom stereocenters. The monoisotopic (exact) mass is 547 g/mol. The largest absolute Gasteiger partial charge is 0.484 e. The Balaban J connectivity index is 1.33. The van der Waals surface area contributed by atoms with Crippen molar-refractivity contribution in [2.45, 2.75) is 70.2 Å². The zero-order chi connectivity index (χ0) is 28.2. The normalized spacial score (nSPS) is 35.5. The van der Waals surface area contributed by atoms with Gasteiger partial charge < -0.3 is 28.8 Å². The fourth-order valence-corrected chi connectivity index (χ4v) is 7.89. The summed E-state index contributed by atoms with van der Waals surface area (Å²) in [4.78, 5) is 17.4. The van der Waals surface area contributed by atoms with Crippen LogP contribution in [0.1, 0.15) is 63.6 Å². The molecule has 0 radical (unpaired) electrons. The first-order chi connectivity index (χ1) is 19.2. The lowest BCUT2D eigenvalue weighted by atomic mass is 9.46. The number of aliphatic hydroxyl groups is 2. The summed E-state index contributed by atoms with van der Waals surface area (Å²) in [5, 5.41) is 23.5. The number of pyridine rings is 1. The molecule has 0 amide bonds. The summed E-state index contributed by atoms with van der Waals surface area (Å²) in [5.41, 5.74) is -0.466. The predicted octanol–water partition coefficient (Wildman–Crippen LogP) is 5.05. The highest BCUT2D eigenvalue weighted by atomic mass is 16.7. The van der Waals surface area contributed by atoms with Gasteiger partial charge in [-0.15, -0.1) is 0 Å². The van der Waals surface area contributed by atoms with E-state index in [0.717, 1.165) is 18.4 Å². The van der Waals surface area contributed by atoms with Crippen LogP contribution in [0.2, 0.25) is 0 Å². The lowest BCUT2D eigenvalue weighted by Crippen LogP contribution is -2.68. The number of hydrogen-bond acceptors (Lipinski definition) is 8. The molecule has 2 fully saturated rings. The summed E-state index contributed by atoms with van der Waals surface area (Å²) in [7, 11) is 1.64. The standard InChI is InChI=1S/C32H37NO7/c1-18-21-15-25(34)32(3)28(31(21,2)13-12-22(18)39-30(37-4)19-9-6-5-7-10-19)27(35)26-24(40-32)16-23(38-29(26)36)20-11-8-14-33-17-20/h5-11,14,16-18,21-22,25,27-28,30,34-35H,12-13,15H2,1-4H3. The smallest absolute Gasteiger partial charge is 0.345 e. The third kappa shape index (κ3) is 4.20. The van der Waals surface area contributed by atoms with Gasteiger partial charge in [0.15, 0.2) is 6.29 Å². The van der Waals surface area contributed by atoms with Gasteiger partial charge in [-0.05, 0) is 55.6 Å². The molecular weight excluding hydrogens is 510 g/mol. The van der Waals surface area contributed by atoms with E-state index in [2.05, 4.69) is 18.8 Å². The molecule has 3 heterocycles. The van der Waals surface area contributed by atoms with Crippen LogP contribution < -0.4 is 10.4 Å². The van der Waals surface area contributed by atoms with Crippen LogP contribution in [-0.2, 0) is 9.47 Å². The first-order valence-corrected chi connectivity index (χ1v) is 14.0. The molecule has 9 unspecified atom stereocenters. The van der Waals surface area contributed by atoms with Crippen molar-refractivity contribution in [1.82, 2.24) is 4.98 Å². The van der Waals surface area contributed by atoms with Crippen molar-refractivity contribution in [2.75, 3.05) is 7.11 Å². The Labute approximate surface area is 233 Å². The van der Waals surface area contributed by atoms with Gasteiger partial charge in [0.2, 0.25) is 0 Å². The summed E-state index contributed by atoms with van der Waals surface area (Å²) < 4.78 is 24.4. The number of aliphatic hydroxyl groups excluding tert-OH is 2. The van der Waals surface area contributed by atoms with E-state index in [9.17, 15) is 15.0 Å². The Kier molecular flexibility index (Phi) is 6.86. The molecule has 2 N–H and O–H groups in total. The van der Waals surface area contributed by atoms with E-state index in [4.69, 9.17) is 18.6 Å². The first-order valence-electron chi connectivity index (χ1n) is 14.0. The molecule has 8 heteroatoms. The van der Waals surface area contributed by atoms with Gasteiger partial charge in [-0.2, -0.15) is 0 Å². The summed E-state index contributed by atoms with van der Waals surface area (Å²) in [5.74, 6) is 0.117. The lowest BCUT2D eigenvalue weighted by Gasteiger charge is -2.64. The van der Waals surface area contributed by atoms with Crippen LogP contribution >= 0.6 is 0 Å². The van der Waals surface area contributed by atoms with Crippen molar-refractivity contribution in [1.29, 1.82) is 0 Å². The number of aromatic nitrogens is 1. The van der Waals surface area contributed by atoms with Crippen LogP contribution in [0, 0.1) is 23.2 Å². The van der Waals surface area contributed by atoms with Crippen LogP contribution in [0.25, 0.3) is 11.3 Å². The minimum absolute atomic E-state index is 0.0223. The Hall–Kier alpha value is -3.04. The third-order valence-corrected chi connectivity index (χ3v) is 9.92. The van der Waals surface area contributed by atoms with E-state index in [-0.39, 0.29) is 29.3 Å². The average molecular weight is 548 g/mol. The Morgan fingerprint density at radius 1 is 1.12 bits per heavy atom. The van der Waals surface area contributed by atoms with E-state index < -0.39 is 41.1 Å². The van der Waals surface area contributed by atoms with Gasteiger partial charge in [0, 0.05) is 42.6 Å². The molecule has 1 aromatic carbocycles. The van der Waals surface area contributed by atoms with Gasteiger partial charge >= 0.3 is 5.63 Å². The van der Waals surface area contributed by atoms with Gasteiger partial charge in [0.25, 0.3) is 0 Å². The second-order valence-corrected chi connectivity index (χ2v) is 12.0. The number of benzene rings is 1. The molecule has 2 aromatic heterocycles. The van der Waals surface area contributed by atoms with Gasteiger partial charge in [-0.1, -0.05) is 44.2 Å². The Morgan fingerprint density at radius 3 is 2.60 bits per heavy atom. The summed E-state index contributed by atoms with van der Waals surface area (Å²) in [6, 6.07) is 15.0. The molecular formula is C32H37NO7. The molecule has 40 heavy (non-hydrogen) atoms. The quantitative estimate of drug-likeness (QED) is 0.427. The van der Waals surface area contributed by atoms with Crippen molar-refractivity contribution in [3.63, 3.8) is 0 Å². The lowest BCUT2D eigenvalue weighted by molar-refractivity contribution is -0.258. The minimum Gasteiger partial charge on any atom is -0.484 e. The number of hydrogen-bond donors (Lipinski definition) is 2. The van der Waals surface area contributed by atoms with Crippen molar-refractivity contribution >= 4 is 0 Å². The Morgan fingerprint density at radius 2 is 1.90 bits per heavy atom. The highest BCUT2D eigenvalue weighted by molar-refractivity contribution is 5.59. The van der Waals surface area contributed by atoms with Crippen molar-refractivity contribution < 1.29 is 28.8 Å². The SMILES string of the molecule is COC(OC1CCC2(C)C(CC(O)C3(C)Oc4cc(-c5cccnc5)oc(=O)c4C(O)C23)C1C)c1ccccc1. The van der Waals surface area contributed by atoms with E-state index in [1.807, 2.05) is 37.3 Å². The molecule has 2 aliphatic carbocycles. The topological polar surface area (TPSA) is 111 Å². The first kappa shape index (κ1) is 27.1. The molecule has 0 spiro atoms. The average Bonchev–Trinajstić information content (AvgIpc) is 2.95.